The number of benzene rings is 1. The van der Waals surface area contributed by atoms with Gasteiger partial charge in [-0.3, -0.25) is 20.0 Å². The summed E-state index contributed by atoms with van der Waals surface area (Å²) in [5.74, 6) is -0.116. The fraction of sp³-hybridized carbons (Fsp3) is 0.471. The molecule has 26 heavy (non-hydrogen) atoms. The van der Waals surface area contributed by atoms with E-state index in [9.17, 15) is 4.79 Å². The number of aryl methyl sites for hydroxylation is 2. The smallest absolute Gasteiger partial charge is 0.254 e. The Hall–Kier alpha value is -1.49. The minimum Gasteiger partial charge on any atom is -0.378 e. The van der Waals surface area contributed by atoms with Gasteiger partial charge in [0.1, 0.15) is 6.17 Å². The van der Waals surface area contributed by atoms with E-state index < -0.39 is 6.29 Å². The highest BCUT2D eigenvalue weighted by atomic mass is 79.9. The van der Waals surface area contributed by atoms with Crippen molar-refractivity contribution in [3.63, 3.8) is 0 Å². The standard InChI is InChI=1S/C17H22BrN5O3/c1-10-7-12(18)8-11(2)14(10)22-9-13-15(21-22)19-17(20-16(13)24)23-3-4-25-5-6-26-23/h7-9,15,17,19,21H,3-6H2,1-2H3,(H,20,24). The maximum Gasteiger partial charge on any atom is 0.254 e. The maximum absolute atomic E-state index is 12.6. The summed E-state index contributed by atoms with van der Waals surface area (Å²) in [7, 11) is 0. The molecule has 1 aromatic rings. The van der Waals surface area contributed by atoms with Crippen LogP contribution in [0, 0.1) is 13.8 Å². The largest absolute Gasteiger partial charge is 0.378 e. The fourth-order valence-electron chi connectivity index (χ4n) is 3.49. The highest BCUT2D eigenvalue weighted by Gasteiger charge is 2.39. The Bertz CT molecular complexity index is 725. The van der Waals surface area contributed by atoms with E-state index in [1.165, 1.54) is 0 Å². The zero-order valence-electron chi connectivity index (χ0n) is 14.7. The summed E-state index contributed by atoms with van der Waals surface area (Å²) in [6.07, 6.45) is 1.15. The van der Waals surface area contributed by atoms with Crippen LogP contribution in [0.4, 0.5) is 5.69 Å². The van der Waals surface area contributed by atoms with Crippen molar-refractivity contribution in [2.24, 2.45) is 0 Å². The van der Waals surface area contributed by atoms with E-state index in [-0.39, 0.29) is 12.1 Å². The van der Waals surface area contributed by atoms with E-state index in [1.807, 2.05) is 11.2 Å². The zero-order chi connectivity index (χ0) is 18.3. The van der Waals surface area contributed by atoms with E-state index in [1.54, 1.807) is 5.06 Å². The van der Waals surface area contributed by atoms with Gasteiger partial charge in [-0.05, 0) is 37.1 Å². The Balaban J connectivity index is 1.54. The SMILES string of the molecule is Cc1cc(Br)cc(C)c1N1C=C2C(=O)NC(N3CCOCCO3)NC2N1. The first-order chi connectivity index (χ1) is 12.5. The Morgan fingerprint density at radius 3 is 2.73 bits per heavy atom. The lowest BCUT2D eigenvalue weighted by Gasteiger charge is -2.36. The number of ether oxygens (including phenoxy) is 1. The number of hydrogen-bond donors (Lipinski definition) is 3. The molecule has 0 aliphatic carbocycles. The van der Waals surface area contributed by atoms with Crippen molar-refractivity contribution in [1.29, 1.82) is 0 Å². The average Bonchev–Trinajstić information content (AvgIpc) is 2.81. The van der Waals surface area contributed by atoms with Gasteiger partial charge in [-0.1, -0.05) is 15.9 Å². The number of halogens is 1. The van der Waals surface area contributed by atoms with Gasteiger partial charge in [0.2, 0.25) is 0 Å². The number of anilines is 1. The number of nitrogens with one attached hydrogen (secondary N) is 3. The molecule has 4 rings (SSSR count). The van der Waals surface area contributed by atoms with E-state index >= 15 is 0 Å². The van der Waals surface area contributed by atoms with E-state index in [2.05, 4.69) is 58.0 Å². The van der Waals surface area contributed by atoms with Crippen molar-refractivity contribution >= 4 is 27.5 Å². The van der Waals surface area contributed by atoms with Crippen molar-refractivity contribution in [3.05, 3.63) is 39.5 Å². The molecule has 0 spiro atoms. The van der Waals surface area contributed by atoms with Crippen LogP contribution in [-0.2, 0) is 14.4 Å². The summed E-state index contributed by atoms with van der Waals surface area (Å²) in [5.41, 5.74) is 7.29. The van der Waals surface area contributed by atoms with Crippen LogP contribution in [0.5, 0.6) is 0 Å². The van der Waals surface area contributed by atoms with Crippen LogP contribution in [0.3, 0.4) is 0 Å². The number of fused-ring (bicyclic) bond motifs is 1. The third kappa shape index (κ3) is 3.38. The normalized spacial score (nSPS) is 27.0. The fourth-order valence-corrected chi connectivity index (χ4v) is 4.18. The number of carbonyl (C=O) groups is 1. The molecule has 2 atom stereocenters. The van der Waals surface area contributed by atoms with Gasteiger partial charge < -0.3 is 10.1 Å². The van der Waals surface area contributed by atoms with Crippen molar-refractivity contribution in [2.75, 3.05) is 31.4 Å². The Morgan fingerprint density at radius 1 is 1.19 bits per heavy atom. The second kappa shape index (κ2) is 7.26. The molecule has 1 amide bonds. The molecule has 0 aromatic heterocycles. The molecule has 1 aromatic carbocycles. The molecule has 140 valence electrons. The van der Waals surface area contributed by atoms with Crippen LogP contribution in [0.2, 0.25) is 0 Å². The van der Waals surface area contributed by atoms with Crippen molar-refractivity contribution in [1.82, 2.24) is 21.1 Å². The summed E-state index contributed by atoms with van der Waals surface area (Å²) >= 11 is 3.52. The van der Waals surface area contributed by atoms with Crippen LogP contribution >= 0.6 is 15.9 Å². The quantitative estimate of drug-likeness (QED) is 0.651. The summed E-state index contributed by atoms with van der Waals surface area (Å²) in [6, 6.07) is 4.12. The lowest BCUT2D eigenvalue weighted by Crippen LogP contribution is -2.67. The second-order valence-electron chi connectivity index (χ2n) is 6.53. The minimum absolute atomic E-state index is 0.116. The molecule has 9 heteroatoms. The predicted octanol–water partition coefficient (Wildman–Crippen LogP) is 0.867. The highest BCUT2D eigenvalue weighted by molar-refractivity contribution is 9.10. The number of hydroxylamine groups is 2. The van der Waals surface area contributed by atoms with Crippen LogP contribution in [0.15, 0.2) is 28.4 Å². The predicted molar refractivity (Wildman–Crippen MR) is 99.6 cm³/mol. The molecule has 2 unspecified atom stereocenters. The van der Waals surface area contributed by atoms with Gasteiger partial charge in [0.05, 0.1) is 37.6 Å². The monoisotopic (exact) mass is 423 g/mol. The molecular weight excluding hydrogens is 402 g/mol. The van der Waals surface area contributed by atoms with Gasteiger partial charge >= 0.3 is 0 Å². The first kappa shape index (κ1) is 17.9. The van der Waals surface area contributed by atoms with Gasteiger partial charge in [-0.15, -0.1) is 0 Å². The summed E-state index contributed by atoms with van der Waals surface area (Å²) in [6.45, 7) is 6.28. The van der Waals surface area contributed by atoms with Gasteiger partial charge in [-0.2, -0.15) is 5.06 Å². The second-order valence-corrected chi connectivity index (χ2v) is 7.45. The average molecular weight is 424 g/mol. The van der Waals surface area contributed by atoms with Crippen LogP contribution in [0.25, 0.3) is 0 Å². The third-order valence-corrected chi connectivity index (χ3v) is 5.09. The van der Waals surface area contributed by atoms with Crippen LogP contribution in [-0.4, -0.2) is 49.8 Å². The van der Waals surface area contributed by atoms with E-state index in [4.69, 9.17) is 9.57 Å². The summed E-state index contributed by atoms with van der Waals surface area (Å²) < 4.78 is 6.43. The molecule has 2 saturated heterocycles. The molecule has 3 aliphatic rings. The maximum atomic E-state index is 12.6. The number of amides is 1. The Labute approximate surface area is 160 Å². The number of nitrogens with zero attached hydrogens (tertiary/aromatic N) is 2. The topological polar surface area (TPSA) is 78.1 Å². The van der Waals surface area contributed by atoms with E-state index in [0.29, 0.717) is 31.9 Å². The number of hydrogen-bond acceptors (Lipinski definition) is 7. The van der Waals surface area contributed by atoms with Crippen LogP contribution < -0.4 is 21.1 Å². The Kier molecular flexibility index (Phi) is 5.00. The molecule has 0 saturated carbocycles. The molecule has 3 aliphatic heterocycles. The van der Waals surface area contributed by atoms with Crippen molar-refractivity contribution < 1.29 is 14.4 Å². The number of carbonyl (C=O) groups excluding carboxylic acids is 1. The summed E-state index contributed by atoms with van der Waals surface area (Å²) in [4.78, 5) is 18.3. The first-order valence-electron chi connectivity index (χ1n) is 8.61. The van der Waals surface area contributed by atoms with Crippen molar-refractivity contribution in [2.45, 2.75) is 26.3 Å². The van der Waals surface area contributed by atoms with Crippen molar-refractivity contribution in [3.8, 4) is 0 Å². The van der Waals surface area contributed by atoms with Crippen LogP contribution in [0.1, 0.15) is 11.1 Å². The molecule has 8 nitrogen and oxygen atoms in total. The van der Waals surface area contributed by atoms with Gasteiger partial charge in [0.15, 0.2) is 6.29 Å². The lowest BCUT2D eigenvalue weighted by molar-refractivity contribution is -0.196. The van der Waals surface area contributed by atoms with Gasteiger partial charge in [-0.25, -0.2) is 5.43 Å². The minimum atomic E-state index is -0.411. The van der Waals surface area contributed by atoms with Gasteiger partial charge in [0.25, 0.3) is 5.91 Å². The van der Waals surface area contributed by atoms with E-state index in [0.717, 1.165) is 21.3 Å². The number of rotatable bonds is 2. The lowest BCUT2D eigenvalue weighted by atomic mass is 10.1. The highest BCUT2D eigenvalue weighted by Crippen LogP contribution is 2.31. The first-order valence-corrected chi connectivity index (χ1v) is 9.40. The third-order valence-electron chi connectivity index (χ3n) is 4.63. The Morgan fingerprint density at radius 2 is 1.96 bits per heavy atom. The van der Waals surface area contributed by atoms with Gasteiger partial charge in [0, 0.05) is 10.7 Å². The molecular formula is C17H22BrN5O3. The molecule has 3 heterocycles. The summed E-state index contributed by atoms with van der Waals surface area (Å²) in [5, 5.41) is 9.96. The molecule has 0 radical (unpaired) electrons. The molecule has 0 bridgehead atoms. The number of hydrazine groups is 1. The molecule has 3 N–H and O–H groups in total. The zero-order valence-corrected chi connectivity index (χ0v) is 16.3. The molecule has 2 fully saturated rings.